The summed E-state index contributed by atoms with van der Waals surface area (Å²) in [4.78, 5) is 2.77. The van der Waals surface area contributed by atoms with Crippen molar-refractivity contribution < 1.29 is 5.11 Å². The number of rotatable bonds is 5. The van der Waals surface area contributed by atoms with Gasteiger partial charge in [-0.25, -0.2) is 0 Å². The zero-order chi connectivity index (χ0) is 35.1. The van der Waals surface area contributed by atoms with Gasteiger partial charge in [0.2, 0.25) is 0 Å². The average Bonchev–Trinajstić information content (AvgIpc) is 3.51. The van der Waals surface area contributed by atoms with Crippen LogP contribution in [0.5, 0.6) is 5.75 Å². The number of hydrogen-bond donors (Lipinski definition) is 1. The molecule has 2 aliphatic carbocycles. The second-order valence-corrected chi connectivity index (χ2v) is 23.4. The second-order valence-electron chi connectivity index (χ2n) is 18.5. The van der Waals surface area contributed by atoms with Crippen LogP contribution in [0.3, 0.4) is 0 Å². The lowest BCUT2D eigenvalue weighted by Crippen LogP contribution is -2.54. The van der Waals surface area contributed by atoms with Crippen LogP contribution in [0.4, 0.5) is 11.4 Å². The number of aryl methyl sites for hydroxylation is 2. The third-order valence-corrected chi connectivity index (χ3v) is 18.3. The van der Waals surface area contributed by atoms with Crippen molar-refractivity contribution in [1.29, 1.82) is 0 Å². The highest BCUT2D eigenvalue weighted by Gasteiger charge is 2.62. The molecule has 6 rings (SSSR count). The summed E-state index contributed by atoms with van der Waals surface area (Å²) in [6, 6.07) is 21.9. The van der Waals surface area contributed by atoms with Gasteiger partial charge < -0.3 is 10.0 Å². The van der Waals surface area contributed by atoms with E-state index < -0.39 is 8.07 Å². The molecule has 1 saturated carbocycles. The van der Waals surface area contributed by atoms with E-state index in [1.165, 1.54) is 44.4 Å². The van der Waals surface area contributed by atoms with Crippen molar-refractivity contribution in [2.24, 2.45) is 11.8 Å². The number of nitrogens with zero attached hydrogens (tertiary/aromatic N) is 1. The van der Waals surface area contributed by atoms with E-state index in [1.807, 2.05) is 0 Å². The van der Waals surface area contributed by atoms with Gasteiger partial charge in [-0.05, 0) is 87.2 Å². The lowest BCUT2D eigenvalue weighted by Gasteiger charge is -2.43. The van der Waals surface area contributed by atoms with Gasteiger partial charge in [0.05, 0.1) is 8.07 Å². The summed E-state index contributed by atoms with van der Waals surface area (Å²) in [5, 5.41) is 13.6. The second kappa shape index (κ2) is 11.8. The van der Waals surface area contributed by atoms with Gasteiger partial charge in [0.15, 0.2) is 0 Å². The number of hydrogen-bond acceptors (Lipinski definition) is 2. The largest absolute Gasteiger partial charge is 0.508 e. The van der Waals surface area contributed by atoms with Crippen LogP contribution in [0.2, 0.25) is 17.6 Å². The van der Waals surface area contributed by atoms with E-state index in [0.29, 0.717) is 35.1 Å². The van der Waals surface area contributed by atoms with Gasteiger partial charge in [-0.15, -0.1) is 0 Å². The maximum Gasteiger partial charge on any atom is 0.118 e. The van der Waals surface area contributed by atoms with E-state index in [1.54, 1.807) is 0 Å². The molecule has 0 radical (unpaired) electrons. The summed E-state index contributed by atoms with van der Waals surface area (Å²) in [6.45, 7) is 30.2. The SMILES string of the molecule is CC[Si](CC)(c1cc(C)cc(C(C)(C)C)c1O)C1C2C=CC=CC2C2C1c1cc(C)ccc1N2c1cc(C(C)(C)C)cc(C(C)(C)C)c1. The first-order valence-electron chi connectivity index (χ1n) is 18.6. The first-order chi connectivity index (χ1) is 22.3. The van der Waals surface area contributed by atoms with Crippen LogP contribution in [-0.4, -0.2) is 19.2 Å². The summed E-state index contributed by atoms with van der Waals surface area (Å²) < 4.78 is 0. The summed E-state index contributed by atoms with van der Waals surface area (Å²) in [7, 11) is -2.33. The number of phenols is 1. The molecule has 2 nitrogen and oxygen atoms in total. The van der Waals surface area contributed by atoms with E-state index in [-0.39, 0.29) is 16.2 Å². The van der Waals surface area contributed by atoms with Crippen molar-refractivity contribution in [3.8, 4) is 5.75 Å². The maximum atomic E-state index is 12.3. The van der Waals surface area contributed by atoms with Crippen molar-refractivity contribution in [2.45, 2.75) is 136 Å². The summed E-state index contributed by atoms with van der Waals surface area (Å²) >= 11 is 0. The number of anilines is 2. The molecule has 1 fully saturated rings. The molecule has 48 heavy (non-hydrogen) atoms. The lowest BCUT2D eigenvalue weighted by molar-refractivity contribution is 0.449. The predicted molar refractivity (Wildman–Crippen MR) is 211 cm³/mol. The van der Waals surface area contributed by atoms with Crippen LogP contribution in [-0.2, 0) is 16.2 Å². The van der Waals surface area contributed by atoms with Gasteiger partial charge >= 0.3 is 0 Å². The molecule has 0 saturated heterocycles. The first-order valence-corrected chi connectivity index (χ1v) is 21.1. The Kier molecular flexibility index (Phi) is 8.55. The van der Waals surface area contributed by atoms with Crippen molar-refractivity contribution in [2.75, 3.05) is 4.90 Å². The molecule has 0 amide bonds. The Morgan fingerprint density at radius 1 is 0.688 bits per heavy atom. The van der Waals surface area contributed by atoms with Gasteiger partial charge in [0.25, 0.3) is 0 Å². The zero-order valence-electron chi connectivity index (χ0n) is 32.1. The quantitative estimate of drug-likeness (QED) is 0.276. The van der Waals surface area contributed by atoms with E-state index in [4.69, 9.17) is 0 Å². The molecule has 1 heterocycles. The maximum absolute atomic E-state index is 12.3. The Morgan fingerprint density at radius 3 is 1.81 bits per heavy atom. The zero-order valence-corrected chi connectivity index (χ0v) is 33.1. The van der Waals surface area contributed by atoms with Crippen LogP contribution < -0.4 is 10.1 Å². The fourth-order valence-electron chi connectivity index (χ4n) is 9.72. The van der Waals surface area contributed by atoms with E-state index >= 15 is 0 Å². The fourth-order valence-corrected chi connectivity index (χ4v) is 15.5. The predicted octanol–water partition coefficient (Wildman–Crippen LogP) is 11.6. The van der Waals surface area contributed by atoms with Crippen molar-refractivity contribution in [3.63, 3.8) is 0 Å². The Bertz CT molecular complexity index is 1740. The molecule has 3 aromatic carbocycles. The molecule has 256 valence electrons. The minimum atomic E-state index is -2.33. The monoisotopic (exact) mass is 659 g/mol. The smallest absolute Gasteiger partial charge is 0.118 e. The van der Waals surface area contributed by atoms with Crippen LogP contribution in [0, 0.1) is 25.7 Å². The van der Waals surface area contributed by atoms with E-state index in [2.05, 4.69) is 168 Å². The summed E-state index contributed by atoms with van der Waals surface area (Å²) in [6.07, 6.45) is 9.71. The number of fused-ring (bicyclic) bond motifs is 5. The number of aromatic hydroxyl groups is 1. The Labute approximate surface area is 293 Å². The first kappa shape index (κ1) is 34.8. The minimum absolute atomic E-state index is 0.0411. The Hall–Kier alpha value is -3.04. The average molecular weight is 660 g/mol. The molecular weight excluding hydrogens is 599 g/mol. The Morgan fingerprint density at radius 2 is 1.27 bits per heavy atom. The molecule has 0 spiro atoms. The third-order valence-electron chi connectivity index (χ3n) is 12.3. The normalized spacial score (nSPS) is 23.8. The minimum Gasteiger partial charge on any atom is -0.508 e. The topological polar surface area (TPSA) is 23.5 Å². The summed E-state index contributed by atoms with van der Waals surface area (Å²) in [5.41, 5.74) is 11.2. The van der Waals surface area contributed by atoms with Gasteiger partial charge in [0, 0.05) is 29.3 Å². The highest BCUT2D eigenvalue weighted by Crippen LogP contribution is 2.66. The molecule has 3 aromatic rings. The highest BCUT2D eigenvalue weighted by atomic mass is 28.3. The van der Waals surface area contributed by atoms with Crippen molar-refractivity contribution in [3.05, 3.63) is 106 Å². The highest BCUT2D eigenvalue weighted by molar-refractivity contribution is 6.93. The van der Waals surface area contributed by atoms with Crippen LogP contribution in [0.25, 0.3) is 0 Å². The van der Waals surface area contributed by atoms with Gasteiger partial charge in [-0.3, -0.25) is 0 Å². The molecule has 5 atom stereocenters. The Balaban J connectivity index is 1.64. The molecule has 3 heteroatoms. The number of benzene rings is 3. The molecule has 1 N–H and O–H groups in total. The molecule has 3 aliphatic rings. The van der Waals surface area contributed by atoms with Gasteiger partial charge in [-0.1, -0.05) is 154 Å². The van der Waals surface area contributed by atoms with Gasteiger partial charge in [0.1, 0.15) is 5.75 Å². The number of allylic oxidation sites excluding steroid dienone is 3. The fraction of sp³-hybridized carbons (Fsp3) is 0.511. The van der Waals surface area contributed by atoms with Crippen LogP contribution >= 0.6 is 0 Å². The molecule has 1 aliphatic heterocycles. The van der Waals surface area contributed by atoms with Crippen LogP contribution in [0.15, 0.2) is 72.8 Å². The summed E-state index contributed by atoms with van der Waals surface area (Å²) in [5.74, 6) is 1.78. The molecule has 5 unspecified atom stereocenters. The van der Waals surface area contributed by atoms with E-state index in [0.717, 1.165) is 17.7 Å². The molecule has 0 aromatic heterocycles. The lowest BCUT2D eigenvalue weighted by atomic mass is 9.80. The standard InChI is InChI=1S/C45H61NOSi/c1-14-48(15-2,38-24-29(4)23-36(41(38)47)45(11,12)13)42-34-19-17-16-18-33(34)40-39(42)35-22-28(3)20-21-37(35)46(40)32-26-30(43(5,6)7)25-31(27-32)44(8,9)10/h16-27,33-34,39-40,42,47H,14-15H2,1-13H3. The molecule has 0 bridgehead atoms. The van der Waals surface area contributed by atoms with Crippen molar-refractivity contribution >= 4 is 24.6 Å². The van der Waals surface area contributed by atoms with Gasteiger partial charge in [-0.2, -0.15) is 0 Å². The van der Waals surface area contributed by atoms with E-state index in [9.17, 15) is 5.11 Å². The van der Waals surface area contributed by atoms with Crippen LogP contribution in [0.1, 0.15) is 115 Å². The third kappa shape index (κ3) is 5.53. The number of phenolic OH excluding ortho intramolecular Hbond substituents is 1. The van der Waals surface area contributed by atoms with Crippen molar-refractivity contribution in [1.82, 2.24) is 0 Å². The molecular formula is C45H61NOSi.